The molecule has 0 radical (unpaired) electrons. The number of rotatable bonds is 6. The van der Waals surface area contributed by atoms with E-state index in [4.69, 9.17) is 0 Å². The van der Waals surface area contributed by atoms with E-state index in [2.05, 4.69) is 10.9 Å². The van der Waals surface area contributed by atoms with Gasteiger partial charge in [-0.2, -0.15) is 0 Å². The number of halogens is 1. The van der Waals surface area contributed by atoms with Crippen LogP contribution in [0.4, 0.5) is 4.39 Å². The lowest BCUT2D eigenvalue weighted by Crippen LogP contribution is -2.42. The minimum absolute atomic E-state index is 0.214. The molecule has 0 aliphatic carbocycles. The van der Waals surface area contributed by atoms with Gasteiger partial charge in [0.05, 0.1) is 6.42 Å². The summed E-state index contributed by atoms with van der Waals surface area (Å²) in [6.45, 7) is 0. The summed E-state index contributed by atoms with van der Waals surface area (Å²) in [5.41, 5.74) is 5.66. The maximum absolute atomic E-state index is 12.8. The Hall–Kier alpha value is -2.34. The highest BCUT2D eigenvalue weighted by atomic mass is 32.2. The number of carbonyl (C=O) groups excluding carboxylic acids is 2. The Morgan fingerprint density at radius 2 is 1.57 bits per heavy atom. The van der Waals surface area contributed by atoms with E-state index in [9.17, 15) is 14.0 Å². The molecule has 23 heavy (non-hydrogen) atoms. The Bertz CT molecular complexity index is 647. The molecule has 0 atom stereocenters. The largest absolute Gasteiger partial charge is 0.273 e. The number of hydrogen-bond donors (Lipinski definition) is 2. The zero-order valence-corrected chi connectivity index (χ0v) is 13.2. The molecule has 0 spiro atoms. The average Bonchev–Trinajstić information content (AvgIpc) is 2.56. The molecule has 0 unspecified atom stereocenters. The second kappa shape index (κ2) is 8.95. The number of nitrogens with one attached hydrogen (secondary N) is 2. The first kappa shape index (κ1) is 17.0. The molecular formula is C17H17FN2O2S. The van der Waals surface area contributed by atoms with E-state index in [1.807, 2.05) is 30.3 Å². The molecule has 0 aliphatic rings. The highest BCUT2D eigenvalue weighted by Gasteiger charge is 2.06. The second-order valence-electron chi connectivity index (χ2n) is 4.81. The van der Waals surface area contributed by atoms with E-state index in [1.165, 1.54) is 23.9 Å². The number of thioether (sulfide) groups is 1. The standard InChI is InChI=1S/C17H17FN2O2S/c18-14-6-8-15(9-7-14)23-11-10-16(21)19-20-17(22)12-13-4-2-1-3-5-13/h1-9H,10-12H2,(H,19,21)(H,20,22). The summed E-state index contributed by atoms with van der Waals surface area (Å²) in [7, 11) is 0. The van der Waals surface area contributed by atoms with Crippen LogP contribution in [0.3, 0.4) is 0 Å². The SMILES string of the molecule is O=C(CCSc1ccc(F)cc1)NNC(=O)Cc1ccccc1. The molecule has 0 aromatic heterocycles. The highest BCUT2D eigenvalue weighted by Crippen LogP contribution is 2.18. The van der Waals surface area contributed by atoms with Crippen LogP contribution in [-0.2, 0) is 16.0 Å². The zero-order chi connectivity index (χ0) is 16.5. The summed E-state index contributed by atoms with van der Waals surface area (Å²) >= 11 is 1.45. The molecule has 2 rings (SSSR count). The second-order valence-corrected chi connectivity index (χ2v) is 5.98. The van der Waals surface area contributed by atoms with E-state index in [-0.39, 0.29) is 30.5 Å². The minimum Gasteiger partial charge on any atom is -0.273 e. The molecule has 6 heteroatoms. The van der Waals surface area contributed by atoms with Gasteiger partial charge in [0.1, 0.15) is 5.82 Å². The van der Waals surface area contributed by atoms with Gasteiger partial charge in [0, 0.05) is 17.1 Å². The van der Waals surface area contributed by atoms with Crippen LogP contribution >= 0.6 is 11.8 Å². The van der Waals surface area contributed by atoms with Gasteiger partial charge in [-0.25, -0.2) is 4.39 Å². The summed E-state index contributed by atoms with van der Waals surface area (Å²) < 4.78 is 12.8. The molecule has 2 N–H and O–H groups in total. The van der Waals surface area contributed by atoms with Crippen molar-refractivity contribution in [2.75, 3.05) is 5.75 Å². The summed E-state index contributed by atoms with van der Waals surface area (Å²) in [5.74, 6) is -0.267. The van der Waals surface area contributed by atoms with Gasteiger partial charge in [-0.15, -0.1) is 11.8 Å². The van der Waals surface area contributed by atoms with Gasteiger partial charge >= 0.3 is 0 Å². The fraction of sp³-hybridized carbons (Fsp3) is 0.176. The van der Waals surface area contributed by atoms with Crippen molar-refractivity contribution in [2.24, 2.45) is 0 Å². The zero-order valence-electron chi connectivity index (χ0n) is 12.4. The topological polar surface area (TPSA) is 58.2 Å². The molecule has 0 saturated heterocycles. The number of hydrazine groups is 1. The maximum atomic E-state index is 12.8. The normalized spacial score (nSPS) is 10.1. The monoisotopic (exact) mass is 332 g/mol. The minimum atomic E-state index is -0.284. The van der Waals surface area contributed by atoms with Crippen LogP contribution in [0.1, 0.15) is 12.0 Å². The van der Waals surface area contributed by atoms with Crippen molar-refractivity contribution >= 4 is 23.6 Å². The van der Waals surface area contributed by atoms with Crippen LogP contribution in [0.5, 0.6) is 0 Å². The Labute approximate surface area is 138 Å². The first-order valence-electron chi connectivity index (χ1n) is 7.13. The number of amides is 2. The van der Waals surface area contributed by atoms with Crippen LogP contribution in [-0.4, -0.2) is 17.6 Å². The molecule has 0 fully saturated rings. The van der Waals surface area contributed by atoms with Gasteiger partial charge in [0.2, 0.25) is 11.8 Å². The van der Waals surface area contributed by atoms with Gasteiger partial charge in [-0.05, 0) is 29.8 Å². The first-order valence-corrected chi connectivity index (χ1v) is 8.12. The number of carbonyl (C=O) groups is 2. The molecule has 2 amide bonds. The van der Waals surface area contributed by atoms with Crippen LogP contribution in [0.15, 0.2) is 59.5 Å². The predicted molar refractivity (Wildman–Crippen MR) is 88.2 cm³/mol. The Balaban J connectivity index is 1.63. The summed E-state index contributed by atoms with van der Waals surface area (Å²) in [6, 6.07) is 15.4. The molecule has 4 nitrogen and oxygen atoms in total. The number of benzene rings is 2. The molecule has 0 saturated carbocycles. The summed E-state index contributed by atoms with van der Waals surface area (Å²) in [5, 5.41) is 0. The highest BCUT2D eigenvalue weighted by molar-refractivity contribution is 7.99. The third kappa shape index (κ3) is 6.52. The first-order chi connectivity index (χ1) is 11.1. The molecule has 0 aliphatic heterocycles. The van der Waals surface area contributed by atoms with E-state index in [0.717, 1.165) is 10.5 Å². The van der Waals surface area contributed by atoms with Gasteiger partial charge < -0.3 is 0 Å². The third-order valence-corrected chi connectivity index (χ3v) is 3.97. The molecule has 0 bridgehead atoms. The van der Waals surface area contributed by atoms with Crippen LogP contribution in [0, 0.1) is 5.82 Å². The van der Waals surface area contributed by atoms with Crippen molar-refractivity contribution in [2.45, 2.75) is 17.7 Å². The van der Waals surface area contributed by atoms with Crippen LogP contribution in [0.25, 0.3) is 0 Å². The Morgan fingerprint density at radius 1 is 0.913 bits per heavy atom. The molecule has 2 aromatic carbocycles. The van der Waals surface area contributed by atoms with Crippen molar-refractivity contribution in [3.8, 4) is 0 Å². The van der Waals surface area contributed by atoms with Crippen LogP contribution in [0.2, 0.25) is 0 Å². The molecule has 120 valence electrons. The lowest BCUT2D eigenvalue weighted by molar-refractivity contribution is -0.128. The maximum Gasteiger partial charge on any atom is 0.242 e. The van der Waals surface area contributed by atoms with Crippen molar-refractivity contribution in [3.63, 3.8) is 0 Å². The van der Waals surface area contributed by atoms with E-state index in [0.29, 0.717) is 5.75 Å². The average molecular weight is 332 g/mol. The molecule has 2 aromatic rings. The van der Waals surface area contributed by atoms with Gasteiger partial charge in [-0.1, -0.05) is 30.3 Å². The quantitative estimate of drug-likeness (QED) is 0.632. The fourth-order valence-electron chi connectivity index (χ4n) is 1.82. The molecule has 0 heterocycles. The van der Waals surface area contributed by atoms with Gasteiger partial charge in [-0.3, -0.25) is 20.4 Å². The Kier molecular flexibility index (Phi) is 6.62. The van der Waals surface area contributed by atoms with Crippen LogP contribution < -0.4 is 10.9 Å². The fourth-order valence-corrected chi connectivity index (χ4v) is 2.67. The predicted octanol–water partition coefficient (Wildman–Crippen LogP) is 2.70. The Morgan fingerprint density at radius 3 is 2.26 bits per heavy atom. The van der Waals surface area contributed by atoms with Crippen molar-refractivity contribution in [1.29, 1.82) is 0 Å². The number of hydrogen-bond acceptors (Lipinski definition) is 3. The van der Waals surface area contributed by atoms with Crippen molar-refractivity contribution in [3.05, 3.63) is 66.0 Å². The van der Waals surface area contributed by atoms with E-state index in [1.54, 1.807) is 12.1 Å². The smallest absolute Gasteiger partial charge is 0.242 e. The summed E-state index contributed by atoms with van der Waals surface area (Å²) in [4.78, 5) is 24.2. The summed E-state index contributed by atoms with van der Waals surface area (Å²) in [6.07, 6.45) is 0.471. The third-order valence-electron chi connectivity index (χ3n) is 2.96. The van der Waals surface area contributed by atoms with Crippen molar-refractivity contribution < 1.29 is 14.0 Å². The van der Waals surface area contributed by atoms with E-state index >= 15 is 0 Å². The lowest BCUT2D eigenvalue weighted by Gasteiger charge is -2.07. The lowest BCUT2D eigenvalue weighted by atomic mass is 10.1. The van der Waals surface area contributed by atoms with Gasteiger partial charge in [0.25, 0.3) is 0 Å². The van der Waals surface area contributed by atoms with Gasteiger partial charge in [0.15, 0.2) is 0 Å². The van der Waals surface area contributed by atoms with Crippen molar-refractivity contribution in [1.82, 2.24) is 10.9 Å². The molecular weight excluding hydrogens is 315 g/mol. The van der Waals surface area contributed by atoms with E-state index < -0.39 is 0 Å².